The van der Waals surface area contributed by atoms with Gasteiger partial charge in [0.25, 0.3) is 0 Å². The lowest BCUT2D eigenvalue weighted by atomic mass is 9.96. The van der Waals surface area contributed by atoms with Crippen molar-refractivity contribution in [2.24, 2.45) is 5.92 Å². The van der Waals surface area contributed by atoms with Crippen LogP contribution in [0, 0.1) is 5.92 Å². The second-order valence-electron chi connectivity index (χ2n) is 2.69. The fraction of sp³-hybridized carbons (Fsp3) is 1.00. The summed E-state index contributed by atoms with van der Waals surface area (Å²) in [5, 5.41) is 21.2. The minimum absolute atomic E-state index is 0.175. The molecule has 3 heteroatoms. The molecule has 0 amide bonds. The highest BCUT2D eigenvalue weighted by Gasteiger charge is 2.26. The molecule has 1 heterocycles. The number of rotatable bonds is 0. The highest BCUT2D eigenvalue weighted by molar-refractivity contribution is 4.81. The van der Waals surface area contributed by atoms with Gasteiger partial charge in [-0.15, -0.1) is 0 Å². The van der Waals surface area contributed by atoms with Gasteiger partial charge >= 0.3 is 0 Å². The molecule has 1 aliphatic heterocycles. The predicted molar refractivity (Wildman–Crippen MR) is 34.0 cm³/mol. The van der Waals surface area contributed by atoms with E-state index in [1.165, 1.54) is 0 Å². The zero-order valence-corrected chi connectivity index (χ0v) is 5.54. The summed E-state index contributed by atoms with van der Waals surface area (Å²) in [6.07, 6.45) is -1.11. The van der Waals surface area contributed by atoms with E-state index in [-0.39, 0.29) is 5.92 Å². The van der Waals surface area contributed by atoms with E-state index in [2.05, 4.69) is 5.32 Å². The van der Waals surface area contributed by atoms with Gasteiger partial charge in [-0.2, -0.15) is 0 Å². The van der Waals surface area contributed by atoms with Gasteiger partial charge in [0, 0.05) is 13.1 Å². The van der Waals surface area contributed by atoms with Crippen molar-refractivity contribution in [3.8, 4) is 0 Å². The van der Waals surface area contributed by atoms with Crippen LogP contribution in [0.4, 0.5) is 0 Å². The average molecular weight is 131 g/mol. The Kier molecular flexibility index (Phi) is 2.05. The van der Waals surface area contributed by atoms with Gasteiger partial charge < -0.3 is 15.5 Å². The van der Waals surface area contributed by atoms with Gasteiger partial charge in [0.1, 0.15) is 0 Å². The van der Waals surface area contributed by atoms with Crippen LogP contribution >= 0.6 is 0 Å². The molecular formula is C6H13NO2. The molecule has 1 saturated heterocycles. The van der Waals surface area contributed by atoms with Crippen molar-refractivity contribution in [2.75, 3.05) is 13.1 Å². The number of hydrogen-bond acceptors (Lipinski definition) is 3. The fourth-order valence-electron chi connectivity index (χ4n) is 1.08. The lowest BCUT2D eigenvalue weighted by Gasteiger charge is -2.29. The van der Waals surface area contributed by atoms with E-state index >= 15 is 0 Å². The predicted octanol–water partition coefficient (Wildman–Crippen LogP) is -1.05. The molecule has 0 saturated carbocycles. The first-order valence-corrected chi connectivity index (χ1v) is 3.28. The molecule has 0 unspecified atom stereocenters. The highest BCUT2D eigenvalue weighted by Crippen LogP contribution is 2.09. The van der Waals surface area contributed by atoms with Crippen LogP contribution in [0.15, 0.2) is 0 Å². The summed E-state index contributed by atoms with van der Waals surface area (Å²) in [6, 6.07) is 0. The minimum atomic E-state index is -0.575. The number of aliphatic hydroxyl groups is 2. The maximum absolute atomic E-state index is 9.16. The Bertz CT molecular complexity index is 87.1. The lowest BCUT2D eigenvalue weighted by Crippen LogP contribution is -2.49. The summed E-state index contributed by atoms with van der Waals surface area (Å²) in [6.45, 7) is 3.24. The van der Waals surface area contributed by atoms with Crippen LogP contribution < -0.4 is 5.32 Å². The van der Waals surface area contributed by atoms with E-state index in [1.54, 1.807) is 0 Å². The first kappa shape index (κ1) is 6.99. The summed E-state index contributed by atoms with van der Waals surface area (Å²) in [4.78, 5) is 0. The van der Waals surface area contributed by atoms with Crippen LogP contribution in [-0.2, 0) is 0 Å². The van der Waals surface area contributed by atoms with E-state index < -0.39 is 12.2 Å². The van der Waals surface area contributed by atoms with Crippen molar-refractivity contribution in [1.29, 1.82) is 0 Å². The number of nitrogens with one attached hydrogen (secondary N) is 1. The SMILES string of the molecule is C[C@@H]1CNC[C@H](O)[C@@H]1O. The van der Waals surface area contributed by atoms with Crippen LogP contribution in [0.1, 0.15) is 6.92 Å². The van der Waals surface area contributed by atoms with Gasteiger partial charge in [0.2, 0.25) is 0 Å². The lowest BCUT2D eigenvalue weighted by molar-refractivity contribution is -0.0295. The molecule has 0 aromatic rings. The maximum atomic E-state index is 9.16. The molecule has 54 valence electrons. The van der Waals surface area contributed by atoms with Crippen molar-refractivity contribution in [3.63, 3.8) is 0 Å². The molecule has 3 nitrogen and oxygen atoms in total. The molecule has 1 rings (SSSR count). The van der Waals surface area contributed by atoms with Crippen LogP contribution in [0.3, 0.4) is 0 Å². The molecule has 9 heavy (non-hydrogen) atoms. The molecule has 0 aromatic carbocycles. The zero-order valence-electron chi connectivity index (χ0n) is 5.54. The molecule has 3 N–H and O–H groups in total. The largest absolute Gasteiger partial charge is 0.390 e. The van der Waals surface area contributed by atoms with Gasteiger partial charge in [0.05, 0.1) is 12.2 Å². The minimum Gasteiger partial charge on any atom is -0.390 e. The molecule has 0 bridgehead atoms. The first-order valence-electron chi connectivity index (χ1n) is 3.28. The van der Waals surface area contributed by atoms with E-state index in [0.717, 1.165) is 6.54 Å². The summed E-state index contributed by atoms with van der Waals surface area (Å²) in [5.41, 5.74) is 0. The Labute approximate surface area is 54.7 Å². The first-order chi connectivity index (χ1) is 4.22. The highest BCUT2D eigenvalue weighted by atomic mass is 16.3. The standard InChI is InChI=1S/C6H13NO2/c1-4-2-7-3-5(8)6(4)9/h4-9H,2-3H2,1H3/t4-,5+,6-/m1/s1. The second-order valence-corrected chi connectivity index (χ2v) is 2.69. The second kappa shape index (κ2) is 2.64. The number of piperidine rings is 1. The van der Waals surface area contributed by atoms with E-state index in [9.17, 15) is 0 Å². The van der Waals surface area contributed by atoms with Crippen LogP contribution in [0.2, 0.25) is 0 Å². The third kappa shape index (κ3) is 1.41. The Balaban J connectivity index is 2.41. The van der Waals surface area contributed by atoms with Crippen molar-refractivity contribution in [1.82, 2.24) is 5.32 Å². The van der Waals surface area contributed by atoms with E-state index in [0.29, 0.717) is 6.54 Å². The van der Waals surface area contributed by atoms with Crippen molar-refractivity contribution in [2.45, 2.75) is 19.1 Å². The zero-order chi connectivity index (χ0) is 6.85. The van der Waals surface area contributed by atoms with Crippen molar-refractivity contribution in [3.05, 3.63) is 0 Å². The molecule has 0 spiro atoms. The smallest absolute Gasteiger partial charge is 0.0926 e. The quantitative estimate of drug-likeness (QED) is 0.393. The van der Waals surface area contributed by atoms with E-state index in [1.807, 2.05) is 6.92 Å². The van der Waals surface area contributed by atoms with Crippen LogP contribution in [0.25, 0.3) is 0 Å². The number of aliphatic hydroxyl groups excluding tert-OH is 2. The Hall–Kier alpha value is -0.120. The van der Waals surface area contributed by atoms with Gasteiger partial charge in [-0.05, 0) is 5.92 Å². The molecule has 0 aromatic heterocycles. The van der Waals surface area contributed by atoms with Gasteiger partial charge in [0.15, 0.2) is 0 Å². The summed E-state index contributed by atoms with van der Waals surface area (Å²) >= 11 is 0. The normalized spacial score (nSPS) is 45.0. The maximum Gasteiger partial charge on any atom is 0.0926 e. The molecule has 0 radical (unpaired) electrons. The Morgan fingerprint density at radius 2 is 2.00 bits per heavy atom. The summed E-state index contributed by atoms with van der Waals surface area (Å²) in [7, 11) is 0. The number of hydrogen-bond donors (Lipinski definition) is 3. The Morgan fingerprint density at radius 3 is 2.44 bits per heavy atom. The Morgan fingerprint density at radius 1 is 1.33 bits per heavy atom. The third-order valence-electron chi connectivity index (χ3n) is 1.80. The summed E-state index contributed by atoms with van der Waals surface area (Å²) in [5.74, 6) is 0.175. The van der Waals surface area contributed by atoms with E-state index in [4.69, 9.17) is 10.2 Å². The number of β-amino-alcohol motifs (C(OH)–C–C–N with tert-alkyl or cyclic N) is 1. The van der Waals surface area contributed by atoms with Crippen molar-refractivity contribution >= 4 is 0 Å². The van der Waals surface area contributed by atoms with Gasteiger partial charge in [-0.25, -0.2) is 0 Å². The van der Waals surface area contributed by atoms with Crippen LogP contribution in [0.5, 0.6) is 0 Å². The molecular weight excluding hydrogens is 118 g/mol. The molecule has 1 aliphatic rings. The molecule has 3 atom stereocenters. The summed E-state index contributed by atoms with van der Waals surface area (Å²) < 4.78 is 0. The van der Waals surface area contributed by atoms with Gasteiger partial charge in [-0.1, -0.05) is 6.92 Å². The fourth-order valence-corrected chi connectivity index (χ4v) is 1.08. The average Bonchev–Trinajstić information content (AvgIpc) is 1.83. The van der Waals surface area contributed by atoms with Crippen molar-refractivity contribution < 1.29 is 10.2 Å². The molecule has 1 fully saturated rings. The monoisotopic (exact) mass is 131 g/mol. The van der Waals surface area contributed by atoms with Crippen LogP contribution in [-0.4, -0.2) is 35.5 Å². The molecule has 0 aliphatic carbocycles. The topological polar surface area (TPSA) is 52.5 Å². The third-order valence-corrected chi connectivity index (χ3v) is 1.80. The van der Waals surface area contributed by atoms with Gasteiger partial charge in [-0.3, -0.25) is 0 Å².